The Kier molecular flexibility index (Phi) is 31.9. The molecule has 5 heterocycles. The molecular weight excluding hydrogens is 1200 g/mol. The summed E-state index contributed by atoms with van der Waals surface area (Å²) in [6.45, 7) is 15.4. The summed E-state index contributed by atoms with van der Waals surface area (Å²) >= 11 is 11.5. The maximum atomic E-state index is 12.2. The summed E-state index contributed by atoms with van der Waals surface area (Å²) in [5.74, 6) is -0.435. The van der Waals surface area contributed by atoms with Crippen molar-refractivity contribution >= 4 is 277 Å². The number of nitrogens with zero attached hydrogens (tertiary/aromatic N) is 4. The Bertz CT molecular complexity index is 2700. The average Bonchev–Trinajstić information content (AvgIpc) is 3.50. The molecule has 1 saturated heterocycles. The standard InChI is InChI=1S/C13H20BNO4S.C7H8BrNO2S.C7H8BrNS.C6H5BrFN.B26/c1-9-7-11(20(6,16)17)15-8-10(9)14-18-12(2,3)13(4,5)19-14;1-5-3-7(12(2,10)11)9-4-6(5)8;1-5-3-7(10-2)9-4-6(5)8;1-4-2-6(8)9-3-5(4)7;1-15(2)22(16(3)4)25(21(13)14)26(23(17(5)6)18(7)8)24(19(9)10)20(11)12/h7-8H,1-6H3;3-4H,1-2H3;3-4H,1-2H3;2-3H,1H3;. The number of thioether (sulfide) groups is 1. The second-order valence-electron chi connectivity index (χ2n) is 19.4. The summed E-state index contributed by atoms with van der Waals surface area (Å²) in [5, 5.41) is 1.25. The van der Waals surface area contributed by atoms with Gasteiger partial charge in [-0.1, -0.05) is 0 Å². The number of aryl methyl sites for hydroxylation is 4. The van der Waals surface area contributed by atoms with Crippen LogP contribution in [0.2, 0.25) is 0 Å². The highest BCUT2D eigenvalue weighted by Gasteiger charge is 2.53. The minimum atomic E-state index is -3.30. The van der Waals surface area contributed by atoms with Crippen molar-refractivity contribution in [2.45, 2.75) is 81.7 Å². The van der Waals surface area contributed by atoms with Crippen LogP contribution in [0, 0.1) is 33.6 Å². The van der Waals surface area contributed by atoms with Crippen LogP contribution in [0.25, 0.3) is 0 Å². The molecule has 1 fully saturated rings. The zero-order valence-corrected chi connectivity index (χ0v) is 52.4. The van der Waals surface area contributed by atoms with Crippen molar-refractivity contribution in [3.05, 3.63) is 90.7 Å². The smallest absolute Gasteiger partial charge is 0.399 e. The highest BCUT2D eigenvalue weighted by atomic mass is 79.9. The first-order chi connectivity index (χ1) is 35.0. The number of pyridine rings is 4. The molecular formula is C33H41B27Br3FN4O6S3. The van der Waals surface area contributed by atoms with Gasteiger partial charge < -0.3 is 9.31 Å². The first kappa shape index (κ1) is 74.9. The number of rotatable bonds is 15. The van der Waals surface area contributed by atoms with Crippen LogP contribution in [0.3, 0.4) is 0 Å². The maximum Gasteiger partial charge on any atom is 0.496 e. The fourth-order valence-corrected chi connectivity index (χ4v) is 10.0. The number of hydrogen-bond acceptors (Lipinski definition) is 11. The lowest BCUT2D eigenvalue weighted by molar-refractivity contribution is 0.00578. The van der Waals surface area contributed by atoms with E-state index in [-0.39, 0.29) is 10.1 Å². The van der Waals surface area contributed by atoms with Crippen molar-refractivity contribution in [3.63, 3.8) is 0 Å². The van der Waals surface area contributed by atoms with Crippen LogP contribution in [0.4, 0.5) is 4.39 Å². The van der Waals surface area contributed by atoms with E-state index in [1.54, 1.807) is 23.9 Å². The van der Waals surface area contributed by atoms with Gasteiger partial charge in [-0.2, -0.15) is 4.39 Å². The molecule has 0 N–H and O–H groups in total. The third-order valence-electron chi connectivity index (χ3n) is 12.5. The van der Waals surface area contributed by atoms with Crippen LogP contribution < -0.4 is 5.46 Å². The summed E-state index contributed by atoms with van der Waals surface area (Å²) < 4.78 is 71.9. The molecule has 0 unspecified atom stereocenters. The van der Waals surface area contributed by atoms with Gasteiger partial charge >= 0.3 is 7.12 Å². The van der Waals surface area contributed by atoms with Crippen LogP contribution in [-0.2, 0) is 29.0 Å². The van der Waals surface area contributed by atoms with Gasteiger partial charge in [0.15, 0.2) is 29.7 Å². The summed E-state index contributed by atoms with van der Waals surface area (Å²) in [7, 11) is 75.9. The van der Waals surface area contributed by atoms with E-state index in [0.717, 1.165) is 53.1 Å². The molecule has 77 heavy (non-hydrogen) atoms. The summed E-state index contributed by atoms with van der Waals surface area (Å²) in [4.78, 5) is 15.4. The van der Waals surface area contributed by atoms with Crippen molar-refractivity contribution < 1.29 is 30.5 Å². The molecule has 28 radical (unpaired) electrons. The zero-order valence-electron chi connectivity index (χ0n) is 45.2. The van der Waals surface area contributed by atoms with E-state index in [1.165, 1.54) is 30.2 Å². The third kappa shape index (κ3) is 23.5. The van der Waals surface area contributed by atoms with Crippen molar-refractivity contribution in [3.8, 4) is 0 Å². The van der Waals surface area contributed by atoms with E-state index >= 15 is 0 Å². The van der Waals surface area contributed by atoms with Gasteiger partial charge in [0.1, 0.15) is 0 Å². The Morgan fingerprint density at radius 3 is 1.10 bits per heavy atom. The van der Waals surface area contributed by atoms with Crippen LogP contribution in [0.15, 0.2) is 77.5 Å². The normalized spacial score (nSPS) is 12.9. The molecule has 44 heteroatoms. The van der Waals surface area contributed by atoms with E-state index in [4.69, 9.17) is 118 Å². The van der Waals surface area contributed by atoms with Gasteiger partial charge in [0.25, 0.3) is 0 Å². The van der Waals surface area contributed by atoms with Gasteiger partial charge in [-0.15, -0.1) is 11.8 Å². The monoisotopic (exact) mass is 1240 g/mol. The molecule has 4 aromatic heterocycles. The molecule has 356 valence electrons. The quantitative estimate of drug-likeness (QED) is 0.0738. The lowest BCUT2D eigenvalue weighted by atomic mass is 8.34. The maximum absolute atomic E-state index is 12.2. The Morgan fingerprint density at radius 1 is 0.494 bits per heavy atom. The van der Waals surface area contributed by atoms with E-state index in [9.17, 15) is 21.2 Å². The Morgan fingerprint density at radius 2 is 0.805 bits per heavy atom. The van der Waals surface area contributed by atoms with E-state index in [0.29, 0.717) is 0 Å². The molecule has 0 amide bonds. The highest BCUT2D eigenvalue weighted by molar-refractivity contribution is 9.11. The van der Waals surface area contributed by atoms with E-state index < -0.39 is 121 Å². The highest BCUT2D eigenvalue weighted by Crippen LogP contribution is 2.36. The molecule has 10 nitrogen and oxygen atoms in total. The molecule has 0 spiro atoms. The minimum Gasteiger partial charge on any atom is -0.399 e. The second-order valence-corrected chi connectivity index (χ2v) is 26.8. The predicted molar refractivity (Wildman–Crippen MR) is 362 cm³/mol. The van der Waals surface area contributed by atoms with Crippen molar-refractivity contribution in [1.29, 1.82) is 0 Å². The van der Waals surface area contributed by atoms with Crippen molar-refractivity contribution in [2.75, 3.05) is 18.8 Å². The molecule has 0 aliphatic carbocycles. The van der Waals surface area contributed by atoms with Gasteiger partial charge in [-0.3, -0.25) is 0 Å². The molecule has 4 aromatic rings. The van der Waals surface area contributed by atoms with Crippen molar-refractivity contribution in [2.24, 2.45) is 0 Å². The zero-order chi connectivity index (χ0) is 60.0. The van der Waals surface area contributed by atoms with Crippen molar-refractivity contribution in [1.82, 2.24) is 19.9 Å². The van der Waals surface area contributed by atoms with Gasteiger partial charge in [0.2, 0.25) is 5.95 Å². The molecule has 1 aliphatic heterocycles. The summed E-state index contributed by atoms with van der Waals surface area (Å²) in [6, 6.07) is 6.54. The van der Waals surface area contributed by atoms with Crippen LogP contribution in [0.1, 0.15) is 49.9 Å². The average molecular weight is 1240 g/mol. The fraction of sp³-hybridized carbons (Fsp3) is 0.394. The Balaban J connectivity index is 0.000000510. The van der Waals surface area contributed by atoms with E-state index in [1.807, 2.05) is 60.9 Å². The molecule has 0 aromatic carbocycles. The predicted octanol–water partition coefficient (Wildman–Crippen LogP) is -2.09. The largest absolute Gasteiger partial charge is 0.496 e. The first-order valence-corrected chi connectivity index (χ1v) is 30.8. The van der Waals surface area contributed by atoms with E-state index in [2.05, 4.69) is 80.7 Å². The number of halogens is 4. The molecule has 1 aliphatic rings. The lowest BCUT2D eigenvalue weighted by Crippen LogP contribution is -2.86. The molecule has 0 bridgehead atoms. The van der Waals surface area contributed by atoms with Crippen LogP contribution >= 0.6 is 59.6 Å². The third-order valence-corrected chi connectivity index (χ3v) is 17.6. The second kappa shape index (κ2) is 32.8. The minimum absolute atomic E-state index is 0.0651. The van der Waals surface area contributed by atoms with Gasteiger partial charge in [0.05, 0.1) is 16.2 Å². The Labute approximate surface area is 513 Å². The topological polar surface area (TPSA) is 138 Å². The first-order valence-electron chi connectivity index (χ1n) is 23.4. The number of sulfone groups is 2. The fourth-order valence-electron chi connectivity index (χ4n) is 7.66. The Hall–Kier alpha value is -0.107. The van der Waals surface area contributed by atoms with Gasteiger partial charge in [0, 0.05) is 241 Å². The molecule has 5 rings (SSSR count). The van der Waals surface area contributed by atoms with Crippen LogP contribution in [-0.4, -0.2) is 259 Å². The van der Waals surface area contributed by atoms with Crippen LogP contribution in [0.5, 0.6) is 0 Å². The number of aromatic nitrogens is 4. The SMILES string of the molecule is CSc1cc(C)c(Br)cn1.Cc1cc(F)ncc1Br.Cc1cc(S(C)(=O)=O)ncc1B1OC(C)(C)C(C)(C)O1.Cc1cc(S(C)(=O)=O)ncc1Br.[B]B([B])B(B([B])[B])B(B([B])[B])B(B(B([B])[B])B([B])[B])B(B([B])[B])B([B])[B]. The molecule has 0 saturated carbocycles. The summed E-state index contributed by atoms with van der Waals surface area (Å²) in [5.41, 5.74) is 3.65. The summed E-state index contributed by atoms with van der Waals surface area (Å²) in [6.07, 6.45) is -0.254. The molecule has 0 atom stereocenters. The lowest BCUT2D eigenvalue weighted by Gasteiger charge is -2.48. The number of hydrogen-bond donors (Lipinski definition) is 0. The van der Waals surface area contributed by atoms with Gasteiger partial charge in [-0.05, 0) is 156 Å². The van der Waals surface area contributed by atoms with Gasteiger partial charge in [-0.25, -0.2) is 36.8 Å².